The van der Waals surface area contributed by atoms with Crippen LogP contribution in [-0.4, -0.2) is 34.3 Å². The van der Waals surface area contributed by atoms with Crippen LogP contribution in [0, 0.1) is 11.3 Å². The lowest BCUT2D eigenvalue weighted by Gasteiger charge is -2.33. The average Bonchev–Trinajstić information content (AvgIpc) is 2.84. The molecule has 0 radical (unpaired) electrons. The molecule has 0 saturated carbocycles. The molecule has 0 aromatic carbocycles. The van der Waals surface area contributed by atoms with E-state index in [2.05, 4.69) is 10.3 Å². The molecule has 0 bridgehead atoms. The Kier molecular flexibility index (Phi) is 5.93. The second kappa shape index (κ2) is 7.09. The number of carboxylic acids is 1. The predicted octanol–water partition coefficient (Wildman–Crippen LogP) is 2.94. The lowest BCUT2D eigenvalue weighted by atomic mass is 9.73. The summed E-state index contributed by atoms with van der Waals surface area (Å²) in [5.41, 5.74) is 0.643. The van der Waals surface area contributed by atoms with E-state index in [1.807, 2.05) is 19.2 Å². The van der Waals surface area contributed by atoms with Crippen LogP contribution >= 0.6 is 11.3 Å². The van der Waals surface area contributed by atoms with Gasteiger partial charge in [0.15, 0.2) is 0 Å². The largest absolute Gasteiger partial charge is 0.481 e. The number of hydrogen-bond acceptors (Lipinski definition) is 5. The number of rotatable bonds is 6. The lowest BCUT2D eigenvalue weighted by Crippen LogP contribution is -2.49. The van der Waals surface area contributed by atoms with E-state index in [4.69, 9.17) is 4.74 Å². The Bertz CT molecular complexity index is 508. The molecule has 2 N–H and O–H groups in total. The van der Waals surface area contributed by atoms with E-state index in [1.165, 1.54) is 11.3 Å². The molecule has 1 unspecified atom stereocenters. The van der Waals surface area contributed by atoms with Crippen molar-refractivity contribution in [2.45, 2.75) is 46.6 Å². The summed E-state index contributed by atoms with van der Waals surface area (Å²) in [4.78, 5) is 27.8. The van der Waals surface area contributed by atoms with Crippen molar-refractivity contribution < 1.29 is 19.4 Å². The molecule has 7 heteroatoms. The Morgan fingerprint density at radius 1 is 1.41 bits per heavy atom. The molecule has 0 spiro atoms. The number of aliphatic carboxylic acids is 1. The minimum Gasteiger partial charge on any atom is -0.481 e. The number of carbonyl (C=O) groups excluding carboxylic acids is 1. The van der Waals surface area contributed by atoms with Gasteiger partial charge in [0.1, 0.15) is 5.60 Å². The maximum absolute atomic E-state index is 11.9. The van der Waals surface area contributed by atoms with Crippen molar-refractivity contribution in [3.63, 3.8) is 0 Å². The molecule has 22 heavy (non-hydrogen) atoms. The van der Waals surface area contributed by atoms with Gasteiger partial charge >= 0.3 is 12.1 Å². The molecule has 0 saturated heterocycles. The molecule has 124 valence electrons. The van der Waals surface area contributed by atoms with Gasteiger partial charge in [0.2, 0.25) is 0 Å². The van der Waals surface area contributed by atoms with Crippen molar-refractivity contribution in [2.75, 3.05) is 6.54 Å². The number of carboxylic acid groups (broad SMARTS) is 1. The van der Waals surface area contributed by atoms with Crippen molar-refractivity contribution in [2.24, 2.45) is 11.3 Å². The summed E-state index contributed by atoms with van der Waals surface area (Å²) >= 11 is 1.42. The molecule has 0 aliphatic carbocycles. The highest BCUT2D eigenvalue weighted by molar-refractivity contribution is 7.07. The van der Waals surface area contributed by atoms with Crippen LogP contribution in [-0.2, 0) is 16.0 Å². The number of aromatic nitrogens is 1. The third-order valence-corrected chi connectivity index (χ3v) is 4.09. The van der Waals surface area contributed by atoms with Crippen LogP contribution in [0.4, 0.5) is 4.79 Å². The first-order chi connectivity index (χ1) is 10.1. The number of amides is 1. The Morgan fingerprint density at radius 2 is 2.05 bits per heavy atom. The number of ether oxygens (including phenoxy) is 1. The number of carbonyl (C=O) groups is 2. The van der Waals surface area contributed by atoms with E-state index in [-0.39, 0.29) is 18.9 Å². The summed E-state index contributed by atoms with van der Waals surface area (Å²) in [5.74, 6) is -1.13. The van der Waals surface area contributed by atoms with Crippen molar-refractivity contribution in [1.29, 1.82) is 0 Å². The fourth-order valence-corrected chi connectivity index (χ4v) is 2.62. The van der Waals surface area contributed by atoms with Gasteiger partial charge in [-0.1, -0.05) is 13.8 Å². The minimum atomic E-state index is -1.12. The normalized spacial score (nSPS) is 14.5. The molecule has 0 fully saturated rings. The van der Waals surface area contributed by atoms with Crippen LogP contribution in [0.5, 0.6) is 0 Å². The first kappa shape index (κ1) is 18.4. The van der Waals surface area contributed by atoms with Crippen molar-refractivity contribution >= 4 is 23.4 Å². The van der Waals surface area contributed by atoms with Crippen LogP contribution in [0.3, 0.4) is 0 Å². The first-order valence-electron chi connectivity index (χ1n) is 7.14. The van der Waals surface area contributed by atoms with Crippen LogP contribution in [0.15, 0.2) is 10.9 Å². The Labute approximate surface area is 134 Å². The summed E-state index contributed by atoms with van der Waals surface area (Å²) in [6.45, 7) is 8.93. The van der Waals surface area contributed by atoms with Gasteiger partial charge in [0.25, 0.3) is 0 Å². The zero-order chi connectivity index (χ0) is 17.0. The molecule has 1 atom stereocenters. The maximum atomic E-state index is 11.9. The molecule has 1 heterocycles. The van der Waals surface area contributed by atoms with Gasteiger partial charge < -0.3 is 15.2 Å². The quantitative estimate of drug-likeness (QED) is 0.838. The molecular formula is C15H24N2O4S. The highest BCUT2D eigenvalue weighted by atomic mass is 32.1. The molecule has 1 aromatic rings. The summed E-state index contributed by atoms with van der Waals surface area (Å²) in [5, 5.41) is 14.1. The van der Waals surface area contributed by atoms with Gasteiger partial charge in [-0.15, -0.1) is 11.3 Å². The fourth-order valence-electron chi connectivity index (χ4n) is 2.06. The smallest absolute Gasteiger partial charge is 0.407 e. The Hall–Kier alpha value is -1.63. The Balaban J connectivity index is 2.87. The molecular weight excluding hydrogens is 304 g/mol. The molecule has 1 rings (SSSR count). The SMILES string of the molecule is CC(C)C(CNC(=O)OC(C)(C)C)(Cc1cscn1)C(=O)O. The highest BCUT2D eigenvalue weighted by Gasteiger charge is 2.43. The van der Waals surface area contributed by atoms with Gasteiger partial charge in [0, 0.05) is 18.3 Å². The van der Waals surface area contributed by atoms with Crippen LogP contribution in [0.1, 0.15) is 40.3 Å². The van der Waals surface area contributed by atoms with E-state index >= 15 is 0 Å². The van der Waals surface area contributed by atoms with Crippen molar-refractivity contribution in [3.05, 3.63) is 16.6 Å². The zero-order valence-corrected chi connectivity index (χ0v) is 14.5. The minimum absolute atomic E-state index is 0.00750. The average molecular weight is 328 g/mol. The number of nitrogens with zero attached hydrogens (tertiary/aromatic N) is 1. The number of nitrogens with one attached hydrogen (secondary N) is 1. The van der Waals surface area contributed by atoms with Crippen LogP contribution in [0.25, 0.3) is 0 Å². The molecule has 1 amide bonds. The van der Waals surface area contributed by atoms with Gasteiger partial charge in [-0.05, 0) is 26.7 Å². The highest BCUT2D eigenvalue weighted by Crippen LogP contribution is 2.32. The van der Waals surface area contributed by atoms with E-state index in [1.54, 1.807) is 26.3 Å². The van der Waals surface area contributed by atoms with Gasteiger partial charge in [0.05, 0.1) is 16.6 Å². The number of thiazole rings is 1. The van der Waals surface area contributed by atoms with Gasteiger partial charge in [-0.3, -0.25) is 4.79 Å². The summed E-state index contributed by atoms with van der Waals surface area (Å²) < 4.78 is 5.17. The standard InChI is InChI=1S/C15H24N2O4S/c1-10(2)15(12(18)19,6-11-7-22-9-17-11)8-16-13(20)21-14(3,4)5/h7,9-10H,6,8H2,1-5H3,(H,16,20)(H,18,19). The van der Waals surface area contributed by atoms with Crippen molar-refractivity contribution in [3.8, 4) is 0 Å². The van der Waals surface area contributed by atoms with Crippen molar-refractivity contribution in [1.82, 2.24) is 10.3 Å². The Morgan fingerprint density at radius 3 is 2.45 bits per heavy atom. The second-order valence-corrected chi connectivity index (χ2v) is 7.35. The third kappa shape index (κ3) is 4.98. The van der Waals surface area contributed by atoms with E-state index in [0.717, 1.165) is 0 Å². The summed E-state index contributed by atoms with van der Waals surface area (Å²) in [6.07, 6.45) is -0.351. The number of hydrogen-bond donors (Lipinski definition) is 2. The van der Waals surface area contributed by atoms with Gasteiger partial charge in [-0.25, -0.2) is 9.78 Å². The molecule has 0 aliphatic heterocycles. The van der Waals surface area contributed by atoms with Crippen LogP contribution in [0.2, 0.25) is 0 Å². The van der Waals surface area contributed by atoms with E-state index in [9.17, 15) is 14.7 Å². The van der Waals surface area contributed by atoms with Gasteiger partial charge in [-0.2, -0.15) is 0 Å². The first-order valence-corrected chi connectivity index (χ1v) is 8.08. The lowest BCUT2D eigenvalue weighted by molar-refractivity contribution is -0.151. The molecule has 6 nitrogen and oxygen atoms in total. The summed E-state index contributed by atoms with van der Waals surface area (Å²) in [7, 11) is 0. The third-order valence-electron chi connectivity index (χ3n) is 3.46. The maximum Gasteiger partial charge on any atom is 0.407 e. The monoisotopic (exact) mass is 328 g/mol. The number of alkyl carbamates (subject to hydrolysis) is 1. The topological polar surface area (TPSA) is 88.5 Å². The second-order valence-electron chi connectivity index (χ2n) is 6.63. The zero-order valence-electron chi connectivity index (χ0n) is 13.7. The summed E-state index contributed by atoms with van der Waals surface area (Å²) in [6, 6.07) is 0. The van der Waals surface area contributed by atoms with Crippen LogP contribution < -0.4 is 5.32 Å². The van der Waals surface area contributed by atoms with E-state index < -0.39 is 23.1 Å². The molecule has 1 aromatic heterocycles. The van der Waals surface area contributed by atoms with E-state index in [0.29, 0.717) is 5.69 Å². The molecule has 0 aliphatic rings. The predicted molar refractivity (Wildman–Crippen MR) is 85.0 cm³/mol. The fraction of sp³-hybridized carbons (Fsp3) is 0.667.